The van der Waals surface area contributed by atoms with E-state index in [1.807, 2.05) is 30.3 Å². The molecule has 1 fully saturated rings. The summed E-state index contributed by atoms with van der Waals surface area (Å²) in [5, 5.41) is 17.6. The van der Waals surface area contributed by atoms with Gasteiger partial charge < -0.3 is 15.7 Å². The highest BCUT2D eigenvalue weighted by atomic mass is 35.5. The predicted octanol–water partition coefficient (Wildman–Crippen LogP) is 2.97. The first-order valence-corrected chi connectivity index (χ1v) is 8.50. The number of carbonyl (C=O) groups is 1. The van der Waals surface area contributed by atoms with Crippen molar-refractivity contribution in [2.75, 3.05) is 13.1 Å². The van der Waals surface area contributed by atoms with E-state index in [2.05, 4.69) is 10.6 Å². The van der Waals surface area contributed by atoms with Crippen LogP contribution in [-0.2, 0) is 5.54 Å². The van der Waals surface area contributed by atoms with E-state index in [4.69, 9.17) is 23.2 Å². The maximum absolute atomic E-state index is 12.8. The van der Waals surface area contributed by atoms with Crippen molar-refractivity contribution in [3.8, 4) is 0 Å². The average molecular weight is 365 g/mol. The molecule has 2 aromatic rings. The second-order valence-corrected chi connectivity index (χ2v) is 6.79. The van der Waals surface area contributed by atoms with Crippen molar-refractivity contribution in [2.45, 2.75) is 18.1 Å². The summed E-state index contributed by atoms with van der Waals surface area (Å²) < 4.78 is 0. The third-order valence-corrected chi connectivity index (χ3v) is 4.79. The van der Waals surface area contributed by atoms with Crippen LogP contribution in [0.2, 0.25) is 10.0 Å². The van der Waals surface area contributed by atoms with Crippen molar-refractivity contribution in [3.05, 3.63) is 69.7 Å². The van der Waals surface area contributed by atoms with Crippen LogP contribution in [-0.4, -0.2) is 30.2 Å². The van der Waals surface area contributed by atoms with Crippen LogP contribution in [0, 0.1) is 0 Å². The molecule has 1 aliphatic heterocycles. The van der Waals surface area contributed by atoms with Gasteiger partial charge in [0.05, 0.1) is 11.6 Å². The molecule has 0 saturated carbocycles. The molecule has 0 unspecified atom stereocenters. The molecule has 6 heteroatoms. The molecule has 1 amide bonds. The van der Waals surface area contributed by atoms with Gasteiger partial charge in [-0.25, -0.2) is 0 Å². The zero-order valence-electron chi connectivity index (χ0n) is 12.9. The summed E-state index contributed by atoms with van der Waals surface area (Å²) in [5.41, 5.74) is 0.396. The Labute approximate surface area is 150 Å². The maximum atomic E-state index is 12.8. The number of benzene rings is 2. The largest absolute Gasteiger partial charge is 0.389 e. The number of carbonyl (C=O) groups excluding carboxylic acids is 1. The van der Waals surface area contributed by atoms with Crippen molar-refractivity contribution in [2.24, 2.45) is 0 Å². The Bertz CT molecular complexity index is 719. The van der Waals surface area contributed by atoms with Crippen LogP contribution in [0.5, 0.6) is 0 Å². The minimum atomic E-state index is -0.849. The first-order chi connectivity index (χ1) is 11.5. The third-order valence-electron chi connectivity index (χ3n) is 4.35. The van der Waals surface area contributed by atoms with Crippen molar-refractivity contribution < 1.29 is 9.90 Å². The summed E-state index contributed by atoms with van der Waals surface area (Å²) in [6.45, 7) is 1.11. The van der Waals surface area contributed by atoms with Gasteiger partial charge in [0.15, 0.2) is 0 Å². The molecule has 0 spiro atoms. The van der Waals surface area contributed by atoms with E-state index in [9.17, 15) is 9.90 Å². The SMILES string of the molecule is O=C(N[C@]1(c2ccccc2)CCNC[C@H]1O)c1cc(Cl)cc(Cl)c1. The van der Waals surface area contributed by atoms with Gasteiger partial charge in [0, 0.05) is 22.2 Å². The molecule has 0 aromatic heterocycles. The first-order valence-electron chi connectivity index (χ1n) is 7.74. The van der Waals surface area contributed by atoms with Gasteiger partial charge in [-0.2, -0.15) is 0 Å². The van der Waals surface area contributed by atoms with Gasteiger partial charge in [0.1, 0.15) is 0 Å². The van der Waals surface area contributed by atoms with Gasteiger partial charge in [0.25, 0.3) is 5.91 Å². The fourth-order valence-electron chi connectivity index (χ4n) is 3.12. The van der Waals surface area contributed by atoms with Crippen LogP contribution < -0.4 is 10.6 Å². The standard InChI is InChI=1S/C18H18Cl2N2O2/c19-14-8-12(9-15(20)10-14)17(24)22-18(6-7-21-11-16(18)23)13-4-2-1-3-5-13/h1-5,8-10,16,21,23H,6-7,11H2,(H,22,24)/t16-,18+/m1/s1. The van der Waals surface area contributed by atoms with Crippen LogP contribution in [0.4, 0.5) is 0 Å². The second kappa shape index (κ2) is 7.11. The Hall–Kier alpha value is -1.59. The average Bonchev–Trinajstić information content (AvgIpc) is 2.57. The molecule has 126 valence electrons. The van der Waals surface area contributed by atoms with Crippen LogP contribution in [0.1, 0.15) is 22.3 Å². The molecule has 24 heavy (non-hydrogen) atoms. The highest BCUT2D eigenvalue weighted by molar-refractivity contribution is 6.35. The molecule has 3 rings (SSSR count). The minimum absolute atomic E-state index is 0.316. The molecule has 2 atom stereocenters. The molecule has 0 radical (unpaired) electrons. The summed E-state index contributed by atoms with van der Waals surface area (Å²) in [5.74, 6) is -0.316. The summed E-state index contributed by atoms with van der Waals surface area (Å²) in [4.78, 5) is 12.8. The zero-order chi connectivity index (χ0) is 17.2. The third kappa shape index (κ3) is 3.42. The van der Waals surface area contributed by atoms with Crippen molar-refractivity contribution in [1.82, 2.24) is 10.6 Å². The van der Waals surface area contributed by atoms with Gasteiger partial charge in [-0.15, -0.1) is 0 Å². The Balaban J connectivity index is 1.96. The van der Waals surface area contributed by atoms with E-state index in [-0.39, 0.29) is 5.91 Å². The molecule has 4 nitrogen and oxygen atoms in total. The molecular formula is C18H18Cl2N2O2. The number of hydrogen-bond acceptors (Lipinski definition) is 3. The van der Waals surface area contributed by atoms with Gasteiger partial charge in [-0.1, -0.05) is 53.5 Å². The summed E-state index contributed by atoms with van der Waals surface area (Å²) in [6, 6.07) is 14.2. The van der Waals surface area contributed by atoms with Crippen molar-refractivity contribution >= 4 is 29.1 Å². The summed E-state index contributed by atoms with van der Waals surface area (Å²) in [7, 11) is 0. The topological polar surface area (TPSA) is 61.4 Å². The van der Waals surface area contributed by atoms with E-state index in [1.54, 1.807) is 18.2 Å². The van der Waals surface area contributed by atoms with E-state index in [1.165, 1.54) is 0 Å². The van der Waals surface area contributed by atoms with E-state index >= 15 is 0 Å². The monoisotopic (exact) mass is 364 g/mol. The fourth-order valence-corrected chi connectivity index (χ4v) is 3.64. The van der Waals surface area contributed by atoms with Crippen molar-refractivity contribution in [3.63, 3.8) is 0 Å². The molecule has 1 aliphatic rings. The van der Waals surface area contributed by atoms with Gasteiger partial charge in [0.2, 0.25) is 0 Å². The number of hydrogen-bond donors (Lipinski definition) is 3. The number of halogens is 2. The van der Waals surface area contributed by atoms with Gasteiger partial charge in [-0.3, -0.25) is 4.79 Å². The Morgan fingerprint density at radius 3 is 2.46 bits per heavy atom. The highest BCUT2D eigenvalue weighted by Crippen LogP contribution is 2.32. The quantitative estimate of drug-likeness (QED) is 0.784. The Morgan fingerprint density at radius 1 is 1.17 bits per heavy atom. The fraction of sp³-hybridized carbons (Fsp3) is 0.278. The number of β-amino-alcohol motifs (C(OH)–C–C–N with tert-alkyl or cyclic N) is 1. The zero-order valence-corrected chi connectivity index (χ0v) is 14.4. The molecule has 0 bridgehead atoms. The highest BCUT2D eigenvalue weighted by Gasteiger charge is 2.42. The smallest absolute Gasteiger partial charge is 0.252 e. The Kier molecular flexibility index (Phi) is 5.11. The first kappa shape index (κ1) is 17.2. The van der Waals surface area contributed by atoms with E-state index < -0.39 is 11.6 Å². The maximum Gasteiger partial charge on any atom is 0.252 e. The molecule has 1 heterocycles. The summed E-state index contributed by atoms with van der Waals surface area (Å²) in [6.07, 6.45) is -0.162. The lowest BCUT2D eigenvalue weighted by Crippen LogP contribution is -2.61. The lowest BCUT2D eigenvalue weighted by Gasteiger charge is -2.43. The molecule has 3 N–H and O–H groups in total. The van der Waals surface area contributed by atoms with Crippen LogP contribution in [0.15, 0.2) is 48.5 Å². The van der Waals surface area contributed by atoms with Crippen LogP contribution in [0.25, 0.3) is 0 Å². The van der Waals surface area contributed by atoms with E-state index in [0.29, 0.717) is 35.1 Å². The number of aliphatic hydroxyl groups excluding tert-OH is 1. The van der Waals surface area contributed by atoms with Gasteiger partial charge >= 0.3 is 0 Å². The number of rotatable bonds is 3. The number of amides is 1. The number of aliphatic hydroxyl groups is 1. The second-order valence-electron chi connectivity index (χ2n) is 5.92. The van der Waals surface area contributed by atoms with E-state index in [0.717, 1.165) is 5.56 Å². The normalized spacial score (nSPS) is 23.7. The lowest BCUT2D eigenvalue weighted by atomic mass is 9.79. The molecule has 1 saturated heterocycles. The lowest BCUT2D eigenvalue weighted by molar-refractivity contribution is 0.0290. The van der Waals surface area contributed by atoms with Crippen LogP contribution in [0.3, 0.4) is 0 Å². The molecule has 2 aromatic carbocycles. The Morgan fingerprint density at radius 2 is 1.83 bits per heavy atom. The predicted molar refractivity (Wildman–Crippen MR) is 95.5 cm³/mol. The number of nitrogens with one attached hydrogen (secondary N) is 2. The van der Waals surface area contributed by atoms with Gasteiger partial charge in [-0.05, 0) is 36.7 Å². The van der Waals surface area contributed by atoms with Crippen molar-refractivity contribution in [1.29, 1.82) is 0 Å². The molecule has 0 aliphatic carbocycles. The summed E-state index contributed by atoms with van der Waals surface area (Å²) >= 11 is 12.0. The van der Waals surface area contributed by atoms with Crippen LogP contribution >= 0.6 is 23.2 Å². The minimum Gasteiger partial charge on any atom is -0.389 e. The molecular weight excluding hydrogens is 347 g/mol. The number of piperidine rings is 1.